The van der Waals surface area contributed by atoms with E-state index in [1.165, 1.54) is 23.3 Å². The molecule has 2 aromatic heterocycles. The number of fused-ring (bicyclic) bond motifs is 2. The Balaban J connectivity index is 1.52. The summed E-state index contributed by atoms with van der Waals surface area (Å²) in [5.74, 6) is 0.177. The molecule has 5 heteroatoms. The average Bonchev–Trinajstić information content (AvgIpc) is 3.34. The molecule has 3 aromatic rings. The molecule has 3 heterocycles. The predicted octanol–water partition coefficient (Wildman–Crippen LogP) is 3.57. The number of imidazole rings is 1. The Kier molecular flexibility index (Phi) is 2.89. The number of aromatic nitrogens is 2. The maximum Gasteiger partial charge on any atom is 0.262 e. The Hall–Kier alpha value is -2.95. The first-order valence-corrected chi connectivity index (χ1v) is 8.59. The molecule has 5 rings (SSSR count). The molecular weight excluding hydrogens is 314 g/mol. The van der Waals surface area contributed by atoms with Gasteiger partial charge < -0.3 is 4.40 Å². The summed E-state index contributed by atoms with van der Waals surface area (Å²) >= 11 is 0. The van der Waals surface area contributed by atoms with Crippen molar-refractivity contribution in [2.75, 3.05) is 0 Å². The van der Waals surface area contributed by atoms with E-state index in [9.17, 15) is 9.59 Å². The molecule has 1 aromatic carbocycles. The Labute approximate surface area is 144 Å². The molecule has 2 aliphatic rings. The summed E-state index contributed by atoms with van der Waals surface area (Å²) in [6, 6.07) is 10.7. The highest BCUT2D eigenvalue weighted by atomic mass is 16.2. The number of rotatable bonds is 3. The van der Waals surface area contributed by atoms with Gasteiger partial charge in [-0.15, -0.1) is 0 Å². The van der Waals surface area contributed by atoms with Crippen LogP contribution in [0.4, 0.5) is 0 Å². The number of carbonyl (C=O) groups is 2. The number of benzene rings is 1. The zero-order valence-corrected chi connectivity index (χ0v) is 13.8. The summed E-state index contributed by atoms with van der Waals surface area (Å²) in [4.78, 5) is 31.3. The standard InChI is InChI=1S/C20H17N3O2/c1-12(23-19(24)15-4-2-3-5-16(15)20(23)25)17-11-22-10-14(13-6-7-13)8-9-18(22)21-17/h2-5,8-13H,6-7H2,1H3. The van der Waals surface area contributed by atoms with Gasteiger partial charge in [0.25, 0.3) is 11.8 Å². The maximum absolute atomic E-state index is 12.7. The lowest BCUT2D eigenvalue weighted by Gasteiger charge is -2.20. The van der Waals surface area contributed by atoms with Crippen molar-refractivity contribution in [1.82, 2.24) is 14.3 Å². The molecule has 0 saturated heterocycles. The van der Waals surface area contributed by atoms with Gasteiger partial charge in [0.1, 0.15) is 5.65 Å². The third-order valence-corrected chi connectivity index (χ3v) is 5.18. The molecule has 25 heavy (non-hydrogen) atoms. The molecule has 1 aliphatic carbocycles. The van der Waals surface area contributed by atoms with Crippen LogP contribution in [0, 0.1) is 0 Å². The van der Waals surface area contributed by atoms with Gasteiger partial charge in [-0.3, -0.25) is 14.5 Å². The van der Waals surface area contributed by atoms with Crippen LogP contribution in [-0.4, -0.2) is 26.1 Å². The van der Waals surface area contributed by atoms with E-state index >= 15 is 0 Å². The summed E-state index contributed by atoms with van der Waals surface area (Å²) in [6.45, 7) is 1.85. The molecule has 0 radical (unpaired) electrons. The summed E-state index contributed by atoms with van der Waals surface area (Å²) < 4.78 is 2.00. The van der Waals surface area contributed by atoms with Crippen LogP contribution in [0.1, 0.15) is 63.7 Å². The lowest BCUT2D eigenvalue weighted by Crippen LogP contribution is -2.32. The van der Waals surface area contributed by atoms with Crippen LogP contribution in [0.25, 0.3) is 5.65 Å². The van der Waals surface area contributed by atoms with E-state index in [0.717, 1.165) is 11.3 Å². The molecule has 1 saturated carbocycles. The van der Waals surface area contributed by atoms with Crippen molar-refractivity contribution < 1.29 is 9.59 Å². The van der Waals surface area contributed by atoms with Crippen LogP contribution >= 0.6 is 0 Å². The lowest BCUT2D eigenvalue weighted by atomic mass is 10.1. The normalized spacial score (nSPS) is 18.0. The molecule has 2 amide bonds. The molecule has 1 unspecified atom stereocenters. The second kappa shape index (κ2) is 5.02. The van der Waals surface area contributed by atoms with Gasteiger partial charge in [-0.1, -0.05) is 18.2 Å². The van der Waals surface area contributed by atoms with Crippen molar-refractivity contribution in [2.24, 2.45) is 0 Å². The Morgan fingerprint density at radius 2 is 1.68 bits per heavy atom. The first kappa shape index (κ1) is 14.4. The molecule has 1 fully saturated rings. The maximum atomic E-state index is 12.7. The summed E-state index contributed by atoms with van der Waals surface area (Å²) in [7, 11) is 0. The van der Waals surface area contributed by atoms with E-state index < -0.39 is 6.04 Å². The third kappa shape index (κ3) is 2.12. The Bertz CT molecular complexity index is 997. The zero-order chi connectivity index (χ0) is 17.1. The molecule has 1 aliphatic heterocycles. The number of nitrogens with zero attached hydrogens (tertiary/aromatic N) is 3. The van der Waals surface area contributed by atoms with Crippen molar-refractivity contribution in [3.8, 4) is 0 Å². The molecule has 1 atom stereocenters. The van der Waals surface area contributed by atoms with Crippen LogP contribution < -0.4 is 0 Å². The topological polar surface area (TPSA) is 54.7 Å². The molecule has 124 valence electrons. The van der Waals surface area contributed by atoms with Gasteiger partial charge in [0.2, 0.25) is 0 Å². The van der Waals surface area contributed by atoms with Crippen molar-refractivity contribution >= 4 is 17.5 Å². The van der Waals surface area contributed by atoms with Gasteiger partial charge in [-0.25, -0.2) is 4.98 Å². The second-order valence-electron chi connectivity index (χ2n) is 6.87. The molecular formula is C20H17N3O2. The molecule has 5 nitrogen and oxygen atoms in total. The quantitative estimate of drug-likeness (QED) is 0.690. The Morgan fingerprint density at radius 3 is 2.32 bits per heavy atom. The summed E-state index contributed by atoms with van der Waals surface area (Å²) in [5, 5.41) is 0. The fourth-order valence-corrected chi connectivity index (χ4v) is 3.58. The summed E-state index contributed by atoms with van der Waals surface area (Å²) in [5.41, 5.74) is 3.83. The highest BCUT2D eigenvalue weighted by Gasteiger charge is 2.39. The minimum absolute atomic E-state index is 0.246. The van der Waals surface area contributed by atoms with E-state index in [2.05, 4.69) is 17.2 Å². The minimum atomic E-state index is -0.406. The van der Waals surface area contributed by atoms with E-state index in [4.69, 9.17) is 0 Å². The lowest BCUT2D eigenvalue weighted by molar-refractivity contribution is 0.0592. The first-order chi connectivity index (χ1) is 12.1. The van der Waals surface area contributed by atoms with Crippen LogP contribution in [-0.2, 0) is 0 Å². The number of pyridine rings is 1. The summed E-state index contributed by atoms with van der Waals surface area (Å²) in [6.07, 6.45) is 6.53. The smallest absolute Gasteiger partial charge is 0.262 e. The fourth-order valence-electron chi connectivity index (χ4n) is 3.58. The fraction of sp³-hybridized carbons (Fsp3) is 0.250. The van der Waals surface area contributed by atoms with Crippen LogP contribution in [0.2, 0.25) is 0 Å². The van der Waals surface area contributed by atoms with Crippen molar-refractivity contribution in [1.29, 1.82) is 0 Å². The highest BCUT2D eigenvalue weighted by molar-refractivity contribution is 6.21. The first-order valence-electron chi connectivity index (χ1n) is 8.59. The van der Waals surface area contributed by atoms with Gasteiger partial charge >= 0.3 is 0 Å². The number of imide groups is 1. The van der Waals surface area contributed by atoms with Crippen molar-refractivity contribution in [3.05, 3.63) is 71.2 Å². The van der Waals surface area contributed by atoms with E-state index in [1.54, 1.807) is 24.3 Å². The number of amides is 2. The number of hydrogen-bond acceptors (Lipinski definition) is 3. The third-order valence-electron chi connectivity index (χ3n) is 5.18. The molecule has 0 bridgehead atoms. The largest absolute Gasteiger partial charge is 0.306 e. The minimum Gasteiger partial charge on any atom is -0.306 e. The second-order valence-corrected chi connectivity index (χ2v) is 6.87. The predicted molar refractivity (Wildman–Crippen MR) is 92.5 cm³/mol. The van der Waals surface area contributed by atoms with Gasteiger partial charge in [0, 0.05) is 12.4 Å². The Morgan fingerprint density at radius 1 is 1.00 bits per heavy atom. The van der Waals surface area contributed by atoms with Crippen molar-refractivity contribution in [3.63, 3.8) is 0 Å². The van der Waals surface area contributed by atoms with Gasteiger partial charge in [0.05, 0.1) is 22.9 Å². The van der Waals surface area contributed by atoms with Crippen molar-refractivity contribution in [2.45, 2.75) is 31.7 Å². The van der Waals surface area contributed by atoms with Gasteiger partial charge in [-0.05, 0) is 49.4 Å². The van der Waals surface area contributed by atoms with Crippen LogP contribution in [0.3, 0.4) is 0 Å². The van der Waals surface area contributed by atoms with E-state index in [0.29, 0.717) is 17.0 Å². The van der Waals surface area contributed by atoms with E-state index in [-0.39, 0.29) is 11.8 Å². The monoisotopic (exact) mass is 331 g/mol. The van der Waals surface area contributed by atoms with Gasteiger partial charge in [-0.2, -0.15) is 0 Å². The molecule has 0 spiro atoms. The highest BCUT2D eigenvalue weighted by Crippen LogP contribution is 2.40. The zero-order valence-electron chi connectivity index (χ0n) is 13.8. The van der Waals surface area contributed by atoms with Gasteiger partial charge in [0.15, 0.2) is 0 Å². The average molecular weight is 331 g/mol. The van der Waals surface area contributed by atoms with E-state index in [1.807, 2.05) is 23.6 Å². The van der Waals surface area contributed by atoms with Crippen LogP contribution in [0.5, 0.6) is 0 Å². The SMILES string of the molecule is CC(c1cn2cc(C3CC3)ccc2n1)N1C(=O)c2ccccc2C1=O. The number of carbonyl (C=O) groups excluding carboxylic acids is 2. The number of hydrogen-bond donors (Lipinski definition) is 0. The molecule has 0 N–H and O–H groups in total. The van der Waals surface area contributed by atoms with Crippen LogP contribution in [0.15, 0.2) is 48.8 Å².